The third kappa shape index (κ3) is 5.71. The lowest BCUT2D eigenvalue weighted by atomic mass is 9.91. The molecular weight excluding hydrogens is 328 g/mol. The molecule has 6 atom stereocenters. The predicted octanol–water partition coefficient (Wildman–Crippen LogP) is 2.34. The van der Waals surface area contributed by atoms with Crippen LogP contribution in [0.5, 0.6) is 0 Å². The van der Waals surface area contributed by atoms with Crippen LogP contribution in [-0.4, -0.2) is 41.9 Å². The largest absolute Gasteiger partial charge is 0.392 e. The first-order valence-corrected chi connectivity index (χ1v) is 9.59. The second kappa shape index (κ2) is 10.5. The number of ether oxygens (including phenoxy) is 1. The molecule has 2 rings (SSSR count). The molecule has 26 heavy (non-hydrogen) atoms. The molecule has 2 saturated carbocycles. The molecule has 0 aromatic carbocycles. The fourth-order valence-corrected chi connectivity index (χ4v) is 3.92. The fourth-order valence-electron chi connectivity index (χ4n) is 3.92. The van der Waals surface area contributed by atoms with Gasteiger partial charge in [0.25, 0.3) is 0 Å². The van der Waals surface area contributed by atoms with Crippen LogP contribution in [0.4, 0.5) is 0 Å². The number of aliphatic hydroxyl groups is 2. The van der Waals surface area contributed by atoms with Gasteiger partial charge in [0.2, 0.25) is 0 Å². The van der Waals surface area contributed by atoms with Crippen molar-refractivity contribution < 1.29 is 19.7 Å². The number of hydrogen-bond donors (Lipinski definition) is 2. The Morgan fingerprint density at radius 2 is 2.12 bits per heavy atom. The van der Waals surface area contributed by atoms with Crippen molar-refractivity contribution in [2.75, 3.05) is 13.2 Å². The van der Waals surface area contributed by atoms with Crippen molar-refractivity contribution >= 4 is 6.29 Å². The highest BCUT2D eigenvalue weighted by Crippen LogP contribution is 2.49. The smallest absolute Gasteiger partial charge is 0.145 e. The Balaban J connectivity index is 1.92. The Kier molecular flexibility index (Phi) is 8.39. The molecule has 2 aliphatic carbocycles. The monoisotopic (exact) mass is 358 g/mol. The van der Waals surface area contributed by atoms with E-state index in [4.69, 9.17) is 4.74 Å². The van der Waals surface area contributed by atoms with Crippen molar-refractivity contribution in [3.8, 4) is 23.7 Å². The van der Waals surface area contributed by atoms with E-state index in [0.29, 0.717) is 24.9 Å². The molecule has 142 valence electrons. The summed E-state index contributed by atoms with van der Waals surface area (Å²) in [5.74, 6) is 12.9. The average Bonchev–Trinajstić information content (AvgIpc) is 3.13. The van der Waals surface area contributed by atoms with Crippen LogP contribution >= 0.6 is 0 Å². The van der Waals surface area contributed by atoms with Gasteiger partial charge in [-0.2, -0.15) is 0 Å². The van der Waals surface area contributed by atoms with Crippen LogP contribution in [0.15, 0.2) is 11.6 Å². The second-order valence-electron chi connectivity index (χ2n) is 7.35. The highest BCUT2D eigenvalue weighted by Gasteiger charge is 2.45. The van der Waals surface area contributed by atoms with Gasteiger partial charge in [0.15, 0.2) is 0 Å². The van der Waals surface area contributed by atoms with Crippen molar-refractivity contribution in [1.29, 1.82) is 0 Å². The molecule has 0 amide bonds. The molecule has 2 N–H and O–H groups in total. The number of aliphatic hydroxyl groups excluding tert-OH is 2. The van der Waals surface area contributed by atoms with E-state index in [9.17, 15) is 15.0 Å². The summed E-state index contributed by atoms with van der Waals surface area (Å²) < 4.78 is 5.19. The summed E-state index contributed by atoms with van der Waals surface area (Å²) in [6.07, 6.45) is 5.80. The van der Waals surface area contributed by atoms with Crippen molar-refractivity contribution in [2.45, 2.75) is 58.2 Å². The molecule has 0 aliphatic heterocycles. The number of rotatable bonds is 6. The summed E-state index contributed by atoms with van der Waals surface area (Å²) >= 11 is 0. The van der Waals surface area contributed by atoms with Gasteiger partial charge in [0.05, 0.1) is 12.7 Å². The van der Waals surface area contributed by atoms with Crippen LogP contribution in [0.2, 0.25) is 0 Å². The molecule has 0 aromatic rings. The summed E-state index contributed by atoms with van der Waals surface area (Å²) in [6.45, 7) is 4.54. The predicted molar refractivity (Wildman–Crippen MR) is 101 cm³/mol. The van der Waals surface area contributed by atoms with Crippen molar-refractivity contribution in [3.05, 3.63) is 11.6 Å². The Labute approximate surface area is 157 Å². The molecule has 4 nitrogen and oxygen atoms in total. The van der Waals surface area contributed by atoms with E-state index in [1.165, 1.54) is 5.57 Å². The summed E-state index contributed by atoms with van der Waals surface area (Å²) in [4.78, 5) is 10.3. The fraction of sp³-hybridized carbons (Fsp3) is 0.682. The summed E-state index contributed by atoms with van der Waals surface area (Å²) in [6, 6.07) is 0. The van der Waals surface area contributed by atoms with Gasteiger partial charge in [-0.3, -0.25) is 0 Å². The number of aldehydes is 1. The Bertz CT molecular complexity index is 616. The van der Waals surface area contributed by atoms with Gasteiger partial charge >= 0.3 is 0 Å². The van der Waals surface area contributed by atoms with E-state index in [2.05, 4.69) is 29.8 Å². The number of hydrogen-bond acceptors (Lipinski definition) is 4. The number of carbonyl (C=O) groups excluding carboxylic acids is 1. The zero-order valence-corrected chi connectivity index (χ0v) is 15.8. The van der Waals surface area contributed by atoms with E-state index >= 15 is 0 Å². The third-order valence-corrected chi connectivity index (χ3v) is 5.39. The van der Waals surface area contributed by atoms with E-state index in [1.54, 1.807) is 0 Å². The Morgan fingerprint density at radius 3 is 2.85 bits per heavy atom. The summed E-state index contributed by atoms with van der Waals surface area (Å²) in [7, 11) is 0. The van der Waals surface area contributed by atoms with E-state index < -0.39 is 12.2 Å². The zero-order valence-electron chi connectivity index (χ0n) is 15.8. The first-order chi connectivity index (χ1) is 12.6. The Hall–Kier alpha value is -1.59. The SMILES string of the molecule is CCC#CCC(C)[C@H](O)C#CC1C(O)C[C@@H]2C/C(=C\COCC=O)C[C@H]12. The molecule has 0 spiro atoms. The first-order valence-electron chi connectivity index (χ1n) is 9.59. The maximum absolute atomic E-state index is 10.4. The molecule has 4 heteroatoms. The van der Waals surface area contributed by atoms with Gasteiger partial charge < -0.3 is 19.7 Å². The quantitative estimate of drug-likeness (QED) is 0.331. The van der Waals surface area contributed by atoms with Crippen LogP contribution < -0.4 is 0 Å². The topological polar surface area (TPSA) is 66.8 Å². The van der Waals surface area contributed by atoms with Crippen molar-refractivity contribution in [2.24, 2.45) is 23.7 Å². The Morgan fingerprint density at radius 1 is 1.31 bits per heavy atom. The van der Waals surface area contributed by atoms with E-state index in [-0.39, 0.29) is 18.4 Å². The lowest BCUT2D eigenvalue weighted by Gasteiger charge is -2.16. The lowest BCUT2D eigenvalue weighted by Crippen LogP contribution is -2.19. The maximum Gasteiger partial charge on any atom is 0.145 e. The van der Waals surface area contributed by atoms with Gasteiger partial charge in [-0.05, 0) is 31.1 Å². The zero-order chi connectivity index (χ0) is 18.9. The van der Waals surface area contributed by atoms with Crippen molar-refractivity contribution in [1.82, 2.24) is 0 Å². The minimum absolute atomic E-state index is 0.00453. The molecule has 0 aromatic heterocycles. The normalized spacial score (nSPS) is 30.7. The standard InChI is InChI=1S/C22H30O4/c1-3-4-5-6-16(2)21(24)8-7-19-20-14-17(9-11-26-12-10-23)13-18(20)15-22(19)25/h9-10,16,18-22,24-25H,3,6,11-15H2,1-2H3/b17-9+/t16?,18-,19?,20-,21+,22?/m0/s1. The van der Waals surface area contributed by atoms with Gasteiger partial charge in [0, 0.05) is 24.7 Å². The number of fused-ring (bicyclic) bond motifs is 1. The lowest BCUT2D eigenvalue weighted by molar-refractivity contribution is -0.111. The van der Waals surface area contributed by atoms with Crippen LogP contribution in [0.25, 0.3) is 0 Å². The van der Waals surface area contributed by atoms with Gasteiger partial charge in [0.1, 0.15) is 19.0 Å². The van der Waals surface area contributed by atoms with Gasteiger partial charge in [-0.1, -0.05) is 37.3 Å². The molecule has 0 heterocycles. The number of allylic oxidation sites excluding steroid dienone is 1. The molecule has 3 unspecified atom stereocenters. The second-order valence-corrected chi connectivity index (χ2v) is 7.35. The van der Waals surface area contributed by atoms with Crippen LogP contribution in [0.1, 0.15) is 46.0 Å². The highest BCUT2D eigenvalue weighted by molar-refractivity contribution is 5.50. The van der Waals surface area contributed by atoms with E-state index in [0.717, 1.165) is 32.0 Å². The molecule has 0 saturated heterocycles. The van der Waals surface area contributed by atoms with Gasteiger partial charge in [-0.25, -0.2) is 0 Å². The van der Waals surface area contributed by atoms with Crippen LogP contribution in [0, 0.1) is 47.4 Å². The summed E-state index contributed by atoms with van der Waals surface area (Å²) in [5, 5.41) is 20.6. The molecule has 2 fully saturated rings. The van der Waals surface area contributed by atoms with Crippen molar-refractivity contribution in [3.63, 3.8) is 0 Å². The third-order valence-electron chi connectivity index (χ3n) is 5.39. The molecule has 0 bridgehead atoms. The molecular formula is C22H30O4. The highest BCUT2D eigenvalue weighted by atomic mass is 16.5. The minimum Gasteiger partial charge on any atom is -0.392 e. The van der Waals surface area contributed by atoms with E-state index in [1.807, 2.05) is 13.8 Å². The summed E-state index contributed by atoms with van der Waals surface area (Å²) in [5.41, 5.74) is 1.33. The van der Waals surface area contributed by atoms with Crippen LogP contribution in [0.3, 0.4) is 0 Å². The average molecular weight is 358 g/mol. The van der Waals surface area contributed by atoms with Crippen LogP contribution in [-0.2, 0) is 9.53 Å². The maximum atomic E-state index is 10.4. The molecule has 0 radical (unpaired) electrons. The number of carbonyl (C=O) groups is 1. The molecule has 2 aliphatic rings. The minimum atomic E-state index is -0.708. The van der Waals surface area contributed by atoms with Gasteiger partial charge in [-0.15, -0.1) is 11.8 Å². The first kappa shape index (κ1) is 20.7.